The molecule has 0 bridgehead atoms. The minimum absolute atomic E-state index is 0.272. The molecule has 3 aromatic carbocycles. The van der Waals surface area contributed by atoms with Crippen LogP contribution in [0.15, 0.2) is 79.0 Å². The average molecular weight is 475 g/mol. The van der Waals surface area contributed by atoms with Gasteiger partial charge in [0.15, 0.2) is 5.13 Å². The number of carbonyl (C=O) groups excluding carboxylic acids is 2. The minimum atomic E-state index is -0.374. The summed E-state index contributed by atoms with van der Waals surface area (Å²) in [5.41, 5.74) is 3.70. The first-order chi connectivity index (χ1) is 16.1. The highest BCUT2D eigenvalue weighted by Crippen LogP contribution is 2.31. The molecule has 0 radical (unpaired) electrons. The SMILES string of the molecule is O=C(Nc1ncc(Cc2ccccc2Cl)s1)c1ccc2c(c1)C[C@H](c1ccccc1)OC2=O. The third kappa shape index (κ3) is 4.67. The average Bonchev–Trinajstić information content (AvgIpc) is 3.27. The van der Waals surface area contributed by atoms with Crippen molar-refractivity contribution in [2.75, 3.05) is 5.32 Å². The summed E-state index contributed by atoms with van der Waals surface area (Å²) in [5, 5.41) is 4.08. The van der Waals surface area contributed by atoms with Crippen LogP contribution in [0.25, 0.3) is 0 Å². The van der Waals surface area contributed by atoms with Crippen molar-refractivity contribution in [3.8, 4) is 0 Å². The van der Waals surface area contributed by atoms with Crippen molar-refractivity contribution in [1.82, 2.24) is 4.98 Å². The van der Waals surface area contributed by atoms with E-state index in [4.69, 9.17) is 16.3 Å². The highest BCUT2D eigenvalue weighted by Gasteiger charge is 2.28. The van der Waals surface area contributed by atoms with Gasteiger partial charge in [-0.2, -0.15) is 0 Å². The maximum Gasteiger partial charge on any atom is 0.339 e. The molecule has 0 aliphatic carbocycles. The molecule has 5 nitrogen and oxygen atoms in total. The van der Waals surface area contributed by atoms with Gasteiger partial charge in [0.05, 0.1) is 5.56 Å². The molecule has 7 heteroatoms. The Balaban J connectivity index is 1.31. The van der Waals surface area contributed by atoms with Crippen LogP contribution in [-0.4, -0.2) is 16.9 Å². The molecule has 1 amide bonds. The van der Waals surface area contributed by atoms with Crippen LogP contribution in [0.4, 0.5) is 5.13 Å². The third-order valence-electron chi connectivity index (χ3n) is 5.51. The summed E-state index contributed by atoms with van der Waals surface area (Å²) in [6, 6.07) is 22.3. The van der Waals surface area contributed by atoms with Gasteiger partial charge in [-0.1, -0.05) is 60.1 Å². The Hall–Kier alpha value is -3.48. The molecule has 1 aromatic heterocycles. The Labute approximate surface area is 200 Å². The van der Waals surface area contributed by atoms with Crippen LogP contribution in [0.2, 0.25) is 5.02 Å². The van der Waals surface area contributed by atoms with E-state index in [0.29, 0.717) is 34.1 Å². The lowest BCUT2D eigenvalue weighted by atomic mass is 9.93. The summed E-state index contributed by atoms with van der Waals surface area (Å²) in [6.07, 6.45) is 2.55. The van der Waals surface area contributed by atoms with Gasteiger partial charge in [-0.25, -0.2) is 9.78 Å². The van der Waals surface area contributed by atoms with Crippen molar-refractivity contribution in [3.63, 3.8) is 0 Å². The summed E-state index contributed by atoms with van der Waals surface area (Å²) in [6.45, 7) is 0. The summed E-state index contributed by atoms with van der Waals surface area (Å²) in [4.78, 5) is 30.7. The number of thiazole rings is 1. The van der Waals surface area contributed by atoms with Gasteiger partial charge in [-0.05, 0) is 41.0 Å². The van der Waals surface area contributed by atoms with Gasteiger partial charge in [-0.3, -0.25) is 10.1 Å². The number of carbonyl (C=O) groups is 2. The Morgan fingerprint density at radius 3 is 2.70 bits per heavy atom. The molecule has 1 N–H and O–H groups in total. The monoisotopic (exact) mass is 474 g/mol. The summed E-state index contributed by atoms with van der Waals surface area (Å²) in [5.74, 6) is -0.646. The Kier molecular flexibility index (Phi) is 5.94. The summed E-state index contributed by atoms with van der Waals surface area (Å²) in [7, 11) is 0. The van der Waals surface area contributed by atoms with Crippen molar-refractivity contribution in [1.29, 1.82) is 0 Å². The summed E-state index contributed by atoms with van der Waals surface area (Å²) < 4.78 is 5.60. The van der Waals surface area contributed by atoms with Crippen LogP contribution in [0, 0.1) is 0 Å². The number of halogens is 1. The number of esters is 1. The van der Waals surface area contributed by atoms with E-state index in [0.717, 1.165) is 21.6 Å². The molecule has 2 heterocycles. The maximum atomic E-state index is 12.9. The molecule has 0 saturated carbocycles. The molecule has 1 atom stereocenters. The lowest BCUT2D eigenvalue weighted by Crippen LogP contribution is -2.23. The molecule has 164 valence electrons. The highest BCUT2D eigenvalue weighted by atomic mass is 35.5. The first-order valence-electron chi connectivity index (χ1n) is 10.4. The van der Waals surface area contributed by atoms with E-state index in [2.05, 4.69) is 10.3 Å². The van der Waals surface area contributed by atoms with Crippen molar-refractivity contribution in [3.05, 3.63) is 117 Å². The normalized spacial score (nSPS) is 14.9. The van der Waals surface area contributed by atoms with Crippen LogP contribution < -0.4 is 5.32 Å². The Bertz CT molecular complexity index is 1340. The highest BCUT2D eigenvalue weighted by molar-refractivity contribution is 7.15. The van der Waals surface area contributed by atoms with Gasteiger partial charge in [0, 0.05) is 34.5 Å². The number of amides is 1. The second-order valence-corrected chi connectivity index (χ2v) is 9.26. The number of aromatic nitrogens is 1. The van der Waals surface area contributed by atoms with E-state index < -0.39 is 0 Å². The first kappa shape index (κ1) is 21.4. The van der Waals surface area contributed by atoms with Gasteiger partial charge in [-0.15, -0.1) is 11.3 Å². The number of cyclic esters (lactones) is 1. The fraction of sp³-hybridized carbons (Fsp3) is 0.115. The number of hydrogen-bond acceptors (Lipinski definition) is 5. The molecule has 0 fully saturated rings. The zero-order valence-electron chi connectivity index (χ0n) is 17.5. The molecule has 5 rings (SSSR count). The molecular formula is C26H19ClN2O3S. The van der Waals surface area contributed by atoms with E-state index in [-0.39, 0.29) is 18.0 Å². The maximum absolute atomic E-state index is 12.9. The topological polar surface area (TPSA) is 68.3 Å². The fourth-order valence-corrected chi connectivity index (χ4v) is 4.87. The second kappa shape index (κ2) is 9.17. The fourth-order valence-electron chi connectivity index (χ4n) is 3.84. The molecule has 33 heavy (non-hydrogen) atoms. The lowest BCUT2D eigenvalue weighted by Gasteiger charge is -2.25. The number of ether oxygens (including phenoxy) is 1. The van der Waals surface area contributed by atoms with E-state index >= 15 is 0 Å². The van der Waals surface area contributed by atoms with Crippen LogP contribution >= 0.6 is 22.9 Å². The van der Waals surface area contributed by atoms with Crippen LogP contribution in [0.1, 0.15) is 48.4 Å². The smallest absolute Gasteiger partial charge is 0.339 e. The molecular weight excluding hydrogens is 456 g/mol. The molecule has 1 aliphatic rings. The number of fused-ring (bicyclic) bond motifs is 1. The second-order valence-electron chi connectivity index (χ2n) is 7.73. The van der Waals surface area contributed by atoms with Crippen molar-refractivity contribution >= 4 is 39.9 Å². The number of nitrogens with one attached hydrogen (secondary N) is 1. The van der Waals surface area contributed by atoms with Crippen molar-refractivity contribution < 1.29 is 14.3 Å². The van der Waals surface area contributed by atoms with E-state index in [1.165, 1.54) is 11.3 Å². The molecule has 0 spiro atoms. The predicted molar refractivity (Wildman–Crippen MR) is 129 cm³/mol. The number of benzene rings is 3. The van der Waals surface area contributed by atoms with Gasteiger partial charge in [0.2, 0.25) is 0 Å². The predicted octanol–water partition coefficient (Wildman–Crippen LogP) is 6.09. The van der Waals surface area contributed by atoms with E-state index in [9.17, 15) is 9.59 Å². The standard InChI is InChI=1S/C26H19ClN2O3S/c27-22-9-5-4-8-17(22)13-20-15-28-26(33-20)29-24(30)18-10-11-21-19(12-18)14-23(32-25(21)31)16-6-2-1-3-7-16/h1-12,15,23H,13-14H2,(H,28,29,30)/t23-/m1/s1. The van der Waals surface area contributed by atoms with Gasteiger partial charge in [0.1, 0.15) is 6.10 Å². The van der Waals surface area contributed by atoms with Crippen LogP contribution in [-0.2, 0) is 17.6 Å². The largest absolute Gasteiger partial charge is 0.454 e. The molecule has 0 saturated heterocycles. The molecule has 0 unspecified atom stereocenters. The van der Waals surface area contributed by atoms with Gasteiger partial charge < -0.3 is 4.74 Å². The molecule has 4 aromatic rings. The van der Waals surface area contributed by atoms with Crippen molar-refractivity contribution in [2.24, 2.45) is 0 Å². The Morgan fingerprint density at radius 1 is 1.09 bits per heavy atom. The molecule has 1 aliphatic heterocycles. The van der Waals surface area contributed by atoms with Gasteiger partial charge >= 0.3 is 5.97 Å². The first-order valence-corrected chi connectivity index (χ1v) is 11.6. The van der Waals surface area contributed by atoms with Crippen molar-refractivity contribution in [2.45, 2.75) is 18.9 Å². The van der Waals surface area contributed by atoms with E-state index in [1.807, 2.05) is 54.6 Å². The third-order valence-corrected chi connectivity index (χ3v) is 6.79. The Morgan fingerprint density at radius 2 is 1.88 bits per heavy atom. The number of anilines is 1. The number of hydrogen-bond donors (Lipinski definition) is 1. The van der Waals surface area contributed by atoms with Crippen LogP contribution in [0.3, 0.4) is 0 Å². The van der Waals surface area contributed by atoms with Gasteiger partial charge in [0.25, 0.3) is 5.91 Å². The number of rotatable bonds is 5. The minimum Gasteiger partial charge on any atom is -0.454 e. The quantitative estimate of drug-likeness (QED) is 0.355. The van der Waals surface area contributed by atoms with E-state index in [1.54, 1.807) is 24.4 Å². The zero-order chi connectivity index (χ0) is 22.8. The summed E-state index contributed by atoms with van der Waals surface area (Å²) >= 11 is 7.65. The zero-order valence-corrected chi connectivity index (χ0v) is 19.0. The van der Waals surface area contributed by atoms with Crippen LogP contribution in [0.5, 0.6) is 0 Å². The number of nitrogens with zero attached hydrogens (tertiary/aromatic N) is 1. The lowest BCUT2D eigenvalue weighted by molar-refractivity contribution is 0.0252.